The first-order chi connectivity index (χ1) is 17.2. The molecule has 3 aromatic carbocycles. The highest BCUT2D eigenvalue weighted by Gasteiger charge is 2.37. The number of fused-ring (bicyclic) bond motifs is 1. The third kappa shape index (κ3) is 6.76. The molecule has 0 aliphatic carbocycles. The van der Waals surface area contributed by atoms with E-state index in [1.165, 1.54) is 22.0 Å². The van der Waals surface area contributed by atoms with Crippen LogP contribution in [0.4, 0.5) is 0 Å². The molecule has 0 N–H and O–H groups in total. The zero-order valence-corrected chi connectivity index (χ0v) is 23.7. The van der Waals surface area contributed by atoms with Gasteiger partial charge in [-0.05, 0) is 53.2 Å². The van der Waals surface area contributed by atoms with Crippen molar-refractivity contribution < 1.29 is 4.43 Å². The predicted octanol–water partition coefficient (Wildman–Crippen LogP) is 8.30. The quantitative estimate of drug-likeness (QED) is 0.194. The number of para-hydroxylation sites is 1. The second-order valence-corrected chi connectivity index (χ2v) is 16.3. The zero-order valence-electron chi connectivity index (χ0n) is 22.7. The monoisotopic (exact) mass is 498 g/mol. The van der Waals surface area contributed by atoms with Gasteiger partial charge in [-0.3, -0.25) is 4.90 Å². The van der Waals surface area contributed by atoms with Gasteiger partial charge in [0.15, 0.2) is 8.32 Å². The molecule has 1 aromatic heterocycles. The third-order valence-electron chi connectivity index (χ3n) is 7.71. The lowest BCUT2D eigenvalue weighted by Gasteiger charge is -2.37. The van der Waals surface area contributed by atoms with Crippen molar-refractivity contribution in [2.75, 3.05) is 13.2 Å². The SMILES string of the molecule is CC(C)(C)[Si](C)(C)OCC[C@H](CN(Cc1ccccc1)Cc1ccccc1)n1ccc2ccccc21. The van der Waals surface area contributed by atoms with Gasteiger partial charge in [-0.15, -0.1) is 0 Å². The van der Waals surface area contributed by atoms with E-state index in [-0.39, 0.29) is 5.04 Å². The molecule has 0 saturated heterocycles. The molecule has 0 aliphatic heterocycles. The molecular weight excluding hydrogens is 456 g/mol. The number of hydrogen-bond donors (Lipinski definition) is 0. The maximum atomic E-state index is 6.66. The third-order valence-corrected chi connectivity index (χ3v) is 12.2. The first-order valence-corrected chi connectivity index (χ1v) is 16.1. The van der Waals surface area contributed by atoms with E-state index in [0.29, 0.717) is 6.04 Å². The average molecular weight is 499 g/mol. The minimum absolute atomic E-state index is 0.218. The first-order valence-electron chi connectivity index (χ1n) is 13.2. The summed E-state index contributed by atoms with van der Waals surface area (Å²) in [5, 5.41) is 1.51. The van der Waals surface area contributed by atoms with Crippen molar-refractivity contribution >= 4 is 19.2 Å². The minimum Gasteiger partial charge on any atom is -0.417 e. The van der Waals surface area contributed by atoms with E-state index in [9.17, 15) is 0 Å². The van der Waals surface area contributed by atoms with Crippen LogP contribution >= 0.6 is 0 Å². The molecular formula is C32H42N2OSi. The fraction of sp³-hybridized carbons (Fsp3) is 0.375. The smallest absolute Gasteiger partial charge is 0.191 e. The number of nitrogens with zero attached hydrogens (tertiary/aromatic N) is 2. The van der Waals surface area contributed by atoms with Crippen LogP contribution in [-0.2, 0) is 17.5 Å². The van der Waals surface area contributed by atoms with E-state index in [1.807, 2.05) is 0 Å². The van der Waals surface area contributed by atoms with Gasteiger partial charge in [0.2, 0.25) is 0 Å². The van der Waals surface area contributed by atoms with Gasteiger partial charge in [-0.2, -0.15) is 0 Å². The number of rotatable bonds is 11. The van der Waals surface area contributed by atoms with Crippen LogP contribution in [-0.4, -0.2) is 30.9 Å². The summed E-state index contributed by atoms with van der Waals surface area (Å²) in [6.07, 6.45) is 3.26. The molecule has 190 valence electrons. The molecule has 4 aromatic rings. The van der Waals surface area contributed by atoms with Gasteiger partial charge < -0.3 is 8.99 Å². The molecule has 36 heavy (non-hydrogen) atoms. The second-order valence-electron chi connectivity index (χ2n) is 11.5. The molecule has 0 aliphatic rings. The van der Waals surface area contributed by atoms with Crippen molar-refractivity contribution in [1.29, 1.82) is 0 Å². The summed E-state index contributed by atoms with van der Waals surface area (Å²) in [5.41, 5.74) is 4.00. The summed E-state index contributed by atoms with van der Waals surface area (Å²) in [4.78, 5) is 2.59. The Bertz CT molecular complexity index is 1170. The standard InChI is InChI=1S/C32H42N2OSi/c1-32(2,3)36(4,5)35-23-21-30(34-22-20-29-18-12-13-19-31(29)34)26-33(24-27-14-8-6-9-15-27)25-28-16-10-7-11-17-28/h6-20,22,30H,21,23-26H2,1-5H3/t30-/m1/s1. The van der Waals surface area contributed by atoms with Crippen molar-refractivity contribution in [2.24, 2.45) is 0 Å². The summed E-state index contributed by atoms with van der Waals surface area (Å²) in [5.74, 6) is 0. The number of aromatic nitrogens is 1. The maximum Gasteiger partial charge on any atom is 0.191 e. The van der Waals surface area contributed by atoms with E-state index in [1.54, 1.807) is 0 Å². The van der Waals surface area contributed by atoms with Gasteiger partial charge in [0, 0.05) is 44.0 Å². The van der Waals surface area contributed by atoms with Crippen molar-refractivity contribution in [3.63, 3.8) is 0 Å². The molecule has 0 radical (unpaired) electrons. The minimum atomic E-state index is -1.79. The van der Waals surface area contributed by atoms with Gasteiger partial charge in [0.1, 0.15) is 0 Å². The predicted molar refractivity (Wildman–Crippen MR) is 156 cm³/mol. The van der Waals surface area contributed by atoms with Gasteiger partial charge >= 0.3 is 0 Å². The van der Waals surface area contributed by atoms with Crippen molar-refractivity contribution in [2.45, 2.75) is 64.5 Å². The molecule has 4 rings (SSSR count). The summed E-state index contributed by atoms with van der Waals surface area (Å²) in [6.45, 7) is 15.3. The molecule has 0 amide bonds. The Morgan fingerprint density at radius 1 is 0.778 bits per heavy atom. The van der Waals surface area contributed by atoms with Crippen LogP contribution in [0.3, 0.4) is 0 Å². The Hall–Kier alpha value is -2.66. The van der Waals surface area contributed by atoms with Gasteiger partial charge in [-0.25, -0.2) is 0 Å². The Morgan fingerprint density at radius 2 is 1.33 bits per heavy atom. The Balaban J connectivity index is 1.60. The normalized spacial score (nSPS) is 13.4. The first kappa shape index (κ1) is 26.4. The highest BCUT2D eigenvalue weighted by Crippen LogP contribution is 2.37. The fourth-order valence-electron chi connectivity index (χ4n) is 4.57. The highest BCUT2D eigenvalue weighted by atomic mass is 28.4. The average Bonchev–Trinajstić information content (AvgIpc) is 3.28. The summed E-state index contributed by atoms with van der Waals surface area (Å²) < 4.78 is 9.14. The Labute approximate surface area is 218 Å². The topological polar surface area (TPSA) is 17.4 Å². The fourth-order valence-corrected chi connectivity index (χ4v) is 5.64. The van der Waals surface area contributed by atoms with E-state index >= 15 is 0 Å². The van der Waals surface area contributed by atoms with E-state index in [2.05, 4.69) is 141 Å². The van der Waals surface area contributed by atoms with Gasteiger partial charge in [0.25, 0.3) is 0 Å². The number of hydrogen-bond acceptors (Lipinski definition) is 2. The summed E-state index contributed by atoms with van der Waals surface area (Å²) >= 11 is 0. The molecule has 1 atom stereocenters. The molecule has 0 fully saturated rings. The zero-order chi connectivity index (χ0) is 25.6. The van der Waals surface area contributed by atoms with Crippen molar-refractivity contribution in [3.05, 3.63) is 108 Å². The van der Waals surface area contributed by atoms with E-state index < -0.39 is 8.32 Å². The lowest BCUT2D eigenvalue weighted by molar-refractivity contribution is 0.188. The lowest BCUT2D eigenvalue weighted by Crippen LogP contribution is -2.41. The van der Waals surface area contributed by atoms with Crippen LogP contribution < -0.4 is 0 Å². The number of benzene rings is 3. The molecule has 1 heterocycles. The summed E-state index contributed by atoms with van der Waals surface area (Å²) in [7, 11) is -1.79. The van der Waals surface area contributed by atoms with Crippen LogP contribution in [0.25, 0.3) is 10.9 Å². The molecule has 3 nitrogen and oxygen atoms in total. The Kier molecular flexibility index (Phi) is 8.50. The largest absolute Gasteiger partial charge is 0.417 e. The van der Waals surface area contributed by atoms with Crippen molar-refractivity contribution in [3.8, 4) is 0 Å². The molecule has 0 bridgehead atoms. The molecule has 4 heteroatoms. The van der Waals surface area contributed by atoms with Crippen LogP contribution in [0.15, 0.2) is 97.2 Å². The summed E-state index contributed by atoms with van der Waals surface area (Å²) in [6, 6.07) is 33.0. The highest BCUT2D eigenvalue weighted by molar-refractivity contribution is 6.74. The van der Waals surface area contributed by atoms with E-state index in [4.69, 9.17) is 4.43 Å². The maximum absolute atomic E-state index is 6.66. The van der Waals surface area contributed by atoms with Crippen LogP contribution in [0.2, 0.25) is 18.1 Å². The van der Waals surface area contributed by atoms with Gasteiger partial charge in [0.05, 0.1) is 0 Å². The van der Waals surface area contributed by atoms with Crippen LogP contribution in [0.5, 0.6) is 0 Å². The molecule has 0 saturated carbocycles. The van der Waals surface area contributed by atoms with E-state index in [0.717, 1.165) is 32.7 Å². The lowest BCUT2D eigenvalue weighted by atomic mass is 10.1. The second kappa shape index (κ2) is 11.6. The molecule has 0 unspecified atom stereocenters. The van der Waals surface area contributed by atoms with Crippen LogP contribution in [0, 0.1) is 0 Å². The Morgan fingerprint density at radius 3 is 1.92 bits per heavy atom. The van der Waals surface area contributed by atoms with Gasteiger partial charge in [-0.1, -0.05) is 99.6 Å². The van der Waals surface area contributed by atoms with Crippen molar-refractivity contribution in [1.82, 2.24) is 9.47 Å². The van der Waals surface area contributed by atoms with Crippen LogP contribution in [0.1, 0.15) is 44.4 Å². The molecule has 0 spiro atoms.